The Morgan fingerprint density at radius 1 is 1.17 bits per heavy atom. The highest BCUT2D eigenvalue weighted by molar-refractivity contribution is 5.79. The van der Waals surface area contributed by atoms with Crippen LogP contribution in [-0.4, -0.2) is 36.9 Å². The fourth-order valence-corrected chi connectivity index (χ4v) is 3.83. The Hall–Kier alpha value is -2.11. The molecule has 0 unspecified atom stereocenters. The van der Waals surface area contributed by atoms with Crippen LogP contribution in [0.2, 0.25) is 0 Å². The van der Waals surface area contributed by atoms with Gasteiger partial charge in [-0.1, -0.05) is 6.42 Å². The van der Waals surface area contributed by atoms with Gasteiger partial charge in [0.05, 0.1) is 23.6 Å². The smallest absolute Gasteiger partial charge is 0.226 e. The van der Waals surface area contributed by atoms with Crippen LogP contribution in [0.25, 0.3) is 11.3 Å². The van der Waals surface area contributed by atoms with Crippen LogP contribution in [0.4, 0.5) is 0 Å². The monoisotopic (exact) mass is 327 g/mol. The van der Waals surface area contributed by atoms with Gasteiger partial charge in [0.15, 0.2) is 0 Å². The van der Waals surface area contributed by atoms with Crippen molar-refractivity contribution in [2.24, 2.45) is 13.0 Å². The zero-order valence-corrected chi connectivity index (χ0v) is 14.7. The van der Waals surface area contributed by atoms with Crippen LogP contribution in [0.1, 0.15) is 42.8 Å². The number of carbonyl (C=O) groups excluding carboxylic acids is 1. The first kappa shape index (κ1) is 15.4. The summed E-state index contributed by atoms with van der Waals surface area (Å²) in [6.45, 7) is 6.51. The lowest BCUT2D eigenvalue weighted by Gasteiger charge is -2.30. The molecule has 0 radical (unpaired) electrons. The van der Waals surface area contributed by atoms with Crippen molar-refractivity contribution in [1.82, 2.24) is 24.5 Å². The maximum atomic E-state index is 12.6. The summed E-state index contributed by atoms with van der Waals surface area (Å²) in [5.41, 5.74) is 5.37. The maximum absolute atomic E-state index is 12.6. The average molecular weight is 327 g/mol. The first-order chi connectivity index (χ1) is 11.5. The first-order valence-electron chi connectivity index (χ1n) is 8.90. The van der Waals surface area contributed by atoms with Gasteiger partial charge in [0.1, 0.15) is 0 Å². The minimum absolute atomic E-state index is 0.266. The lowest BCUT2D eigenvalue weighted by Crippen LogP contribution is -2.38. The molecule has 6 heteroatoms. The van der Waals surface area contributed by atoms with Crippen LogP contribution in [0.15, 0.2) is 6.07 Å². The second-order valence-electron chi connectivity index (χ2n) is 7.15. The van der Waals surface area contributed by atoms with Gasteiger partial charge in [-0.3, -0.25) is 14.2 Å². The number of aryl methyl sites for hydroxylation is 3. The summed E-state index contributed by atoms with van der Waals surface area (Å²) in [7, 11) is 1.96. The normalized spacial score (nSPS) is 18.2. The molecule has 2 aromatic rings. The van der Waals surface area contributed by atoms with Gasteiger partial charge < -0.3 is 4.90 Å². The predicted octanol–water partition coefficient (Wildman–Crippen LogP) is 2.43. The molecule has 0 aromatic carbocycles. The van der Waals surface area contributed by atoms with Crippen LogP contribution >= 0.6 is 0 Å². The summed E-state index contributed by atoms with van der Waals surface area (Å²) in [5, 5.41) is 9.31. The van der Waals surface area contributed by atoms with E-state index in [1.165, 1.54) is 6.42 Å². The minimum Gasteiger partial charge on any atom is -0.337 e. The van der Waals surface area contributed by atoms with Crippen molar-refractivity contribution in [2.45, 2.75) is 52.6 Å². The predicted molar refractivity (Wildman–Crippen MR) is 91.3 cm³/mol. The van der Waals surface area contributed by atoms with Crippen LogP contribution in [0.5, 0.6) is 0 Å². The van der Waals surface area contributed by atoms with E-state index in [4.69, 9.17) is 5.10 Å². The Morgan fingerprint density at radius 2 is 1.96 bits per heavy atom. The zero-order valence-electron chi connectivity index (χ0n) is 14.7. The highest BCUT2D eigenvalue weighted by Gasteiger charge is 2.31. The van der Waals surface area contributed by atoms with E-state index in [0.717, 1.165) is 60.7 Å². The Balaban J connectivity index is 1.63. The number of fused-ring (bicyclic) bond motifs is 1. The maximum Gasteiger partial charge on any atom is 0.226 e. The third-order valence-electron chi connectivity index (χ3n) is 5.55. The number of amides is 1. The molecule has 0 bridgehead atoms. The van der Waals surface area contributed by atoms with Gasteiger partial charge >= 0.3 is 0 Å². The number of hydrogen-bond acceptors (Lipinski definition) is 3. The molecule has 0 atom stereocenters. The minimum atomic E-state index is 0.266. The number of rotatable bonds is 2. The number of aromatic nitrogens is 4. The SMILES string of the molecule is Cc1nn(C)c(C)c1-c1cc2n(n1)CCCN(C(=O)C1CCC1)C2. The van der Waals surface area contributed by atoms with E-state index < -0.39 is 0 Å². The van der Waals surface area contributed by atoms with Gasteiger partial charge in [-0.05, 0) is 39.2 Å². The molecule has 1 saturated carbocycles. The van der Waals surface area contributed by atoms with Crippen LogP contribution in [-0.2, 0) is 24.9 Å². The molecule has 1 aliphatic carbocycles. The van der Waals surface area contributed by atoms with Crippen molar-refractivity contribution < 1.29 is 4.79 Å². The molecule has 24 heavy (non-hydrogen) atoms. The van der Waals surface area contributed by atoms with Crippen molar-refractivity contribution in [2.75, 3.05) is 6.54 Å². The molecule has 3 heterocycles. The van der Waals surface area contributed by atoms with Gasteiger partial charge in [0.2, 0.25) is 5.91 Å². The van der Waals surface area contributed by atoms with Crippen molar-refractivity contribution in [1.29, 1.82) is 0 Å². The van der Waals surface area contributed by atoms with Crippen LogP contribution in [0.3, 0.4) is 0 Å². The highest BCUT2D eigenvalue weighted by atomic mass is 16.2. The number of hydrogen-bond donors (Lipinski definition) is 0. The fraction of sp³-hybridized carbons (Fsp3) is 0.611. The largest absolute Gasteiger partial charge is 0.337 e. The summed E-state index contributed by atoms with van der Waals surface area (Å²) in [6, 6.07) is 2.14. The quantitative estimate of drug-likeness (QED) is 0.851. The Labute approximate surface area is 142 Å². The van der Waals surface area contributed by atoms with Crippen molar-refractivity contribution >= 4 is 5.91 Å². The number of nitrogens with zero attached hydrogens (tertiary/aromatic N) is 5. The Bertz CT molecular complexity index is 784. The van der Waals surface area contributed by atoms with E-state index in [0.29, 0.717) is 12.5 Å². The molecule has 128 valence electrons. The molecular weight excluding hydrogens is 302 g/mol. The summed E-state index contributed by atoms with van der Waals surface area (Å²) in [5.74, 6) is 0.605. The number of carbonyl (C=O) groups is 1. The Kier molecular flexibility index (Phi) is 3.70. The molecule has 0 spiro atoms. The van der Waals surface area contributed by atoms with Crippen molar-refractivity contribution in [3.63, 3.8) is 0 Å². The summed E-state index contributed by atoms with van der Waals surface area (Å²) in [6.07, 6.45) is 4.30. The molecule has 0 N–H and O–H groups in total. The molecule has 1 aliphatic heterocycles. The standard InChI is InChI=1S/C18H25N5O/c1-12-17(13(2)21(3)19-12)16-10-15-11-22(8-5-9-23(15)20-16)18(24)14-6-4-7-14/h10,14H,4-9,11H2,1-3H3. The molecule has 6 nitrogen and oxygen atoms in total. The van der Waals surface area contributed by atoms with Gasteiger partial charge in [0, 0.05) is 37.3 Å². The highest BCUT2D eigenvalue weighted by Crippen LogP contribution is 2.31. The van der Waals surface area contributed by atoms with Crippen molar-refractivity contribution in [3.05, 3.63) is 23.1 Å². The molecule has 1 amide bonds. The lowest BCUT2D eigenvalue weighted by molar-refractivity contribution is -0.138. The van der Waals surface area contributed by atoms with E-state index >= 15 is 0 Å². The molecule has 0 saturated heterocycles. The third kappa shape index (κ3) is 2.44. The second kappa shape index (κ2) is 5.76. The molecule has 2 aliphatic rings. The summed E-state index contributed by atoms with van der Waals surface area (Å²) in [4.78, 5) is 14.7. The van der Waals surface area contributed by atoms with Gasteiger partial charge in [-0.15, -0.1) is 0 Å². The van der Waals surface area contributed by atoms with E-state index in [1.54, 1.807) is 0 Å². The lowest BCUT2D eigenvalue weighted by atomic mass is 9.84. The van der Waals surface area contributed by atoms with Crippen LogP contribution in [0, 0.1) is 19.8 Å². The van der Waals surface area contributed by atoms with E-state index in [-0.39, 0.29) is 5.92 Å². The fourth-order valence-electron chi connectivity index (χ4n) is 3.83. The zero-order chi connectivity index (χ0) is 16.8. The molecular formula is C18H25N5O. The topological polar surface area (TPSA) is 56.0 Å². The first-order valence-corrected chi connectivity index (χ1v) is 8.90. The summed E-state index contributed by atoms with van der Waals surface area (Å²) >= 11 is 0. The summed E-state index contributed by atoms with van der Waals surface area (Å²) < 4.78 is 3.98. The van der Waals surface area contributed by atoms with Gasteiger partial charge in [0.25, 0.3) is 0 Å². The van der Waals surface area contributed by atoms with Gasteiger partial charge in [-0.25, -0.2) is 0 Å². The van der Waals surface area contributed by atoms with E-state index in [9.17, 15) is 4.79 Å². The Morgan fingerprint density at radius 3 is 2.58 bits per heavy atom. The van der Waals surface area contributed by atoms with E-state index in [2.05, 4.69) is 22.8 Å². The van der Waals surface area contributed by atoms with Crippen molar-refractivity contribution in [3.8, 4) is 11.3 Å². The second-order valence-corrected chi connectivity index (χ2v) is 7.15. The van der Waals surface area contributed by atoms with Gasteiger partial charge in [-0.2, -0.15) is 10.2 Å². The molecule has 1 fully saturated rings. The average Bonchev–Trinajstić information content (AvgIpc) is 2.89. The molecule has 2 aromatic heterocycles. The van der Waals surface area contributed by atoms with E-state index in [1.807, 2.05) is 23.6 Å². The molecule has 4 rings (SSSR count). The van der Waals surface area contributed by atoms with Crippen LogP contribution < -0.4 is 0 Å². The third-order valence-corrected chi connectivity index (χ3v) is 5.55.